The van der Waals surface area contributed by atoms with Crippen molar-refractivity contribution in [3.8, 4) is 0 Å². The number of hydrogen-bond acceptors (Lipinski definition) is 6. The van der Waals surface area contributed by atoms with Crippen LogP contribution in [0.3, 0.4) is 0 Å². The van der Waals surface area contributed by atoms with Crippen LogP contribution < -0.4 is 15.5 Å². The van der Waals surface area contributed by atoms with E-state index < -0.39 is 0 Å². The lowest BCUT2D eigenvalue weighted by molar-refractivity contribution is 0.312. The number of pyridine rings is 2. The van der Waals surface area contributed by atoms with Gasteiger partial charge in [-0.25, -0.2) is 4.98 Å². The molecular formula is C27H29ClN6. The third-order valence-corrected chi connectivity index (χ3v) is 6.61. The highest BCUT2D eigenvalue weighted by Gasteiger charge is 2.18. The molecule has 1 saturated heterocycles. The SMILES string of the molecule is Cc1c(NCc2cccc(Nc3ccnc4cc(Cl)ccc34)c2)ccnc1N1CCN(C)CC1. The van der Waals surface area contributed by atoms with Crippen LogP contribution in [0.25, 0.3) is 10.9 Å². The molecular weight excluding hydrogens is 444 g/mol. The van der Waals surface area contributed by atoms with E-state index in [0.717, 1.165) is 66.5 Å². The average molecular weight is 473 g/mol. The maximum atomic E-state index is 6.13. The van der Waals surface area contributed by atoms with Gasteiger partial charge in [0.15, 0.2) is 0 Å². The van der Waals surface area contributed by atoms with Crippen LogP contribution in [0, 0.1) is 6.92 Å². The second-order valence-electron chi connectivity index (χ2n) is 8.80. The molecule has 0 unspecified atom stereocenters. The molecule has 174 valence electrons. The third kappa shape index (κ3) is 4.93. The number of likely N-dealkylation sites (N-methyl/N-ethyl adjacent to an activating group) is 1. The normalized spacial score (nSPS) is 14.4. The lowest BCUT2D eigenvalue weighted by Crippen LogP contribution is -2.45. The Kier molecular flexibility index (Phi) is 6.52. The first-order valence-electron chi connectivity index (χ1n) is 11.6. The summed E-state index contributed by atoms with van der Waals surface area (Å²) in [7, 11) is 2.17. The lowest BCUT2D eigenvalue weighted by Gasteiger charge is -2.34. The van der Waals surface area contributed by atoms with Gasteiger partial charge in [0.1, 0.15) is 5.82 Å². The highest BCUT2D eigenvalue weighted by atomic mass is 35.5. The van der Waals surface area contributed by atoms with E-state index in [4.69, 9.17) is 11.6 Å². The summed E-state index contributed by atoms with van der Waals surface area (Å²) >= 11 is 6.13. The Morgan fingerprint density at radius 3 is 2.56 bits per heavy atom. The second kappa shape index (κ2) is 9.87. The minimum Gasteiger partial charge on any atom is -0.381 e. The molecule has 6 nitrogen and oxygen atoms in total. The van der Waals surface area contributed by atoms with Crippen LogP contribution >= 0.6 is 11.6 Å². The number of hydrogen-bond donors (Lipinski definition) is 2. The molecule has 1 aliphatic heterocycles. The molecule has 0 bridgehead atoms. The van der Waals surface area contributed by atoms with Crippen molar-refractivity contribution in [3.05, 3.63) is 83.1 Å². The molecule has 2 aromatic carbocycles. The smallest absolute Gasteiger partial charge is 0.133 e. The van der Waals surface area contributed by atoms with E-state index in [1.165, 1.54) is 11.1 Å². The molecule has 1 fully saturated rings. The van der Waals surface area contributed by atoms with Crippen LogP contribution in [-0.2, 0) is 6.54 Å². The maximum Gasteiger partial charge on any atom is 0.133 e. The molecule has 7 heteroatoms. The topological polar surface area (TPSA) is 56.3 Å². The fraction of sp³-hybridized carbons (Fsp3) is 0.259. The lowest BCUT2D eigenvalue weighted by atomic mass is 10.1. The van der Waals surface area contributed by atoms with Gasteiger partial charge in [0, 0.05) is 78.2 Å². The molecule has 0 spiro atoms. The summed E-state index contributed by atoms with van der Waals surface area (Å²) in [5.74, 6) is 1.08. The van der Waals surface area contributed by atoms with Crippen molar-refractivity contribution < 1.29 is 0 Å². The van der Waals surface area contributed by atoms with Gasteiger partial charge in [-0.3, -0.25) is 4.98 Å². The summed E-state index contributed by atoms with van der Waals surface area (Å²) in [6, 6.07) is 18.3. The Labute approximate surface area is 205 Å². The number of piperazine rings is 1. The van der Waals surface area contributed by atoms with Crippen molar-refractivity contribution in [3.63, 3.8) is 0 Å². The third-order valence-electron chi connectivity index (χ3n) is 6.37. The van der Waals surface area contributed by atoms with Gasteiger partial charge in [-0.1, -0.05) is 23.7 Å². The molecule has 4 aromatic rings. The summed E-state index contributed by atoms with van der Waals surface area (Å²) < 4.78 is 0. The Morgan fingerprint density at radius 2 is 1.71 bits per heavy atom. The van der Waals surface area contributed by atoms with E-state index in [9.17, 15) is 0 Å². The van der Waals surface area contributed by atoms with Crippen LogP contribution in [0.2, 0.25) is 5.02 Å². The monoisotopic (exact) mass is 472 g/mol. The van der Waals surface area contributed by atoms with Crippen molar-refractivity contribution in [2.45, 2.75) is 13.5 Å². The standard InChI is InChI=1S/C27H29ClN6/c1-19-24(8-11-30-27(19)34-14-12-33(2)13-15-34)31-18-20-4-3-5-22(16-20)32-25-9-10-29-26-17-21(28)6-7-23(25)26/h3-11,16-17H,12-15,18H2,1-2H3,(H,29,32)(H,30,31). The van der Waals surface area contributed by atoms with E-state index in [1.54, 1.807) is 6.20 Å². The van der Waals surface area contributed by atoms with Gasteiger partial charge in [-0.05, 0) is 62.0 Å². The number of nitrogens with one attached hydrogen (secondary N) is 2. The molecule has 0 saturated carbocycles. The summed E-state index contributed by atoms with van der Waals surface area (Å²) in [4.78, 5) is 13.9. The van der Waals surface area contributed by atoms with Crippen molar-refractivity contribution in [1.29, 1.82) is 0 Å². The zero-order valence-electron chi connectivity index (χ0n) is 19.6. The van der Waals surface area contributed by atoms with E-state index >= 15 is 0 Å². The molecule has 5 rings (SSSR count). The molecule has 2 aromatic heterocycles. The number of benzene rings is 2. The van der Waals surface area contributed by atoms with Gasteiger partial charge in [0.2, 0.25) is 0 Å². The number of nitrogens with zero attached hydrogens (tertiary/aromatic N) is 4. The average Bonchev–Trinajstić information content (AvgIpc) is 2.84. The summed E-state index contributed by atoms with van der Waals surface area (Å²) in [5, 5.41) is 8.88. The van der Waals surface area contributed by atoms with Crippen molar-refractivity contribution in [1.82, 2.24) is 14.9 Å². The number of rotatable bonds is 6. The molecule has 0 amide bonds. The van der Waals surface area contributed by atoms with Crippen LogP contribution in [0.1, 0.15) is 11.1 Å². The minimum atomic E-state index is 0.687. The van der Waals surface area contributed by atoms with Crippen molar-refractivity contribution in [2.24, 2.45) is 0 Å². The fourth-order valence-electron chi connectivity index (χ4n) is 4.40. The zero-order valence-corrected chi connectivity index (χ0v) is 20.3. The summed E-state index contributed by atoms with van der Waals surface area (Å²) in [5.41, 5.74) is 6.44. The number of fused-ring (bicyclic) bond motifs is 1. The zero-order chi connectivity index (χ0) is 23.5. The largest absolute Gasteiger partial charge is 0.381 e. The quantitative estimate of drug-likeness (QED) is 0.375. The van der Waals surface area contributed by atoms with Gasteiger partial charge in [0.25, 0.3) is 0 Å². The number of anilines is 4. The maximum absolute atomic E-state index is 6.13. The van der Waals surface area contributed by atoms with Gasteiger partial charge in [-0.2, -0.15) is 0 Å². The van der Waals surface area contributed by atoms with Crippen molar-refractivity contribution in [2.75, 3.05) is 48.8 Å². The van der Waals surface area contributed by atoms with Gasteiger partial charge >= 0.3 is 0 Å². The Hall–Kier alpha value is -3.35. The Bertz CT molecular complexity index is 1300. The molecule has 1 aliphatic rings. The summed E-state index contributed by atoms with van der Waals surface area (Å²) in [6.07, 6.45) is 3.71. The number of aromatic nitrogens is 2. The van der Waals surface area contributed by atoms with Crippen LogP contribution in [0.15, 0.2) is 67.0 Å². The number of halogens is 1. The molecule has 2 N–H and O–H groups in total. The van der Waals surface area contributed by atoms with Crippen LogP contribution in [0.4, 0.5) is 22.9 Å². The first-order chi connectivity index (χ1) is 16.6. The van der Waals surface area contributed by atoms with Crippen LogP contribution in [-0.4, -0.2) is 48.1 Å². The van der Waals surface area contributed by atoms with Crippen LogP contribution in [0.5, 0.6) is 0 Å². The fourth-order valence-corrected chi connectivity index (χ4v) is 4.56. The molecule has 0 aliphatic carbocycles. The molecule has 0 atom stereocenters. The van der Waals surface area contributed by atoms with E-state index in [0.29, 0.717) is 5.02 Å². The first-order valence-corrected chi connectivity index (χ1v) is 12.0. The molecule has 34 heavy (non-hydrogen) atoms. The van der Waals surface area contributed by atoms with E-state index in [-0.39, 0.29) is 0 Å². The summed E-state index contributed by atoms with van der Waals surface area (Å²) in [6.45, 7) is 7.04. The first kappa shape index (κ1) is 22.4. The van der Waals surface area contributed by atoms with E-state index in [1.807, 2.05) is 30.5 Å². The predicted octanol–water partition coefficient (Wildman–Crippen LogP) is 5.70. The highest BCUT2D eigenvalue weighted by Crippen LogP contribution is 2.28. The van der Waals surface area contributed by atoms with Crippen molar-refractivity contribution >= 4 is 45.4 Å². The van der Waals surface area contributed by atoms with E-state index in [2.05, 4.69) is 74.7 Å². The van der Waals surface area contributed by atoms with Gasteiger partial charge in [0.05, 0.1) is 5.52 Å². The second-order valence-corrected chi connectivity index (χ2v) is 9.23. The van der Waals surface area contributed by atoms with Gasteiger partial charge in [-0.15, -0.1) is 0 Å². The molecule has 3 heterocycles. The highest BCUT2D eigenvalue weighted by molar-refractivity contribution is 6.31. The Morgan fingerprint density at radius 1 is 0.912 bits per heavy atom. The van der Waals surface area contributed by atoms with Gasteiger partial charge < -0.3 is 20.4 Å². The Balaban J connectivity index is 1.30. The molecule has 0 radical (unpaired) electrons. The predicted molar refractivity (Wildman–Crippen MR) is 142 cm³/mol. The minimum absolute atomic E-state index is 0.687.